The van der Waals surface area contributed by atoms with E-state index in [1.807, 2.05) is 24.3 Å². The Morgan fingerprint density at radius 2 is 1.61 bits per heavy atom. The van der Waals surface area contributed by atoms with Crippen LogP contribution in [0, 0.1) is 0 Å². The number of aliphatic carboxylic acids is 1. The molecule has 0 spiro atoms. The number of carboxylic acid groups (broad SMARTS) is 1. The van der Waals surface area contributed by atoms with E-state index in [9.17, 15) is 19.5 Å². The van der Waals surface area contributed by atoms with Crippen molar-refractivity contribution in [2.24, 2.45) is 0 Å². The van der Waals surface area contributed by atoms with Crippen LogP contribution in [0.5, 0.6) is 0 Å². The maximum Gasteiger partial charge on any atom is 0.407 e. The molecular formula is C26H30N2O5. The third kappa shape index (κ3) is 4.32. The van der Waals surface area contributed by atoms with Crippen LogP contribution in [0.15, 0.2) is 48.5 Å². The van der Waals surface area contributed by atoms with Gasteiger partial charge in [-0.3, -0.25) is 4.79 Å². The molecule has 1 saturated carbocycles. The maximum absolute atomic E-state index is 12.7. The molecule has 0 radical (unpaired) electrons. The Hall–Kier alpha value is -3.35. The van der Waals surface area contributed by atoms with E-state index in [0.29, 0.717) is 12.8 Å². The number of hydrogen-bond acceptors (Lipinski definition) is 4. The first-order chi connectivity index (χ1) is 15.8. The highest BCUT2D eigenvalue weighted by Crippen LogP contribution is 2.44. The van der Waals surface area contributed by atoms with Crippen molar-refractivity contribution in [3.63, 3.8) is 0 Å². The van der Waals surface area contributed by atoms with Gasteiger partial charge >= 0.3 is 12.1 Å². The highest BCUT2D eigenvalue weighted by Gasteiger charge is 2.47. The lowest BCUT2D eigenvalue weighted by Crippen LogP contribution is -2.54. The number of benzene rings is 2. The molecule has 0 heterocycles. The second-order valence-electron chi connectivity index (χ2n) is 9.07. The van der Waals surface area contributed by atoms with Gasteiger partial charge in [-0.15, -0.1) is 0 Å². The molecule has 7 heteroatoms. The Morgan fingerprint density at radius 3 is 2.15 bits per heavy atom. The third-order valence-corrected chi connectivity index (χ3v) is 7.03. The molecule has 0 unspecified atom stereocenters. The van der Waals surface area contributed by atoms with Crippen LogP contribution in [-0.2, 0) is 14.3 Å². The molecule has 1 atom stereocenters. The number of nitrogens with zero attached hydrogens (tertiary/aromatic N) is 1. The minimum absolute atomic E-state index is 0.00965. The van der Waals surface area contributed by atoms with Gasteiger partial charge in [0.25, 0.3) is 0 Å². The van der Waals surface area contributed by atoms with Crippen molar-refractivity contribution in [2.45, 2.75) is 56.5 Å². The standard InChI is InChI=1S/C26H30N2O5/c1-17(15-23(29)28(2)26(24(30)31)13-7-8-14-26)27-25(32)33-16-22-20-11-5-3-9-18(20)19-10-4-6-12-21(19)22/h3-6,9-12,17,22H,7-8,13-16H2,1-2H3,(H,27,32)(H,30,31)/t17-/m1/s1. The predicted octanol–water partition coefficient (Wildman–Crippen LogP) is 4.16. The molecule has 33 heavy (non-hydrogen) atoms. The number of likely N-dealkylation sites (N-methyl/N-ethyl adjacent to an activating group) is 1. The van der Waals surface area contributed by atoms with E-state index < -0.39 is 23.6 Å². The number of fused-ring (bicyclic) bond motifs is 3. The Morgan fingerprint density at radius 1 is 1.06 bits per heavy atom. The van der Waals surface area contributed by atoms with Crippen LogP contribution in [-0.4, -0.2) is 53.2 Å². The molecule has 7 nitrogen and oxygen atoms in total. The summed E-state index contributed by atoms with van der Waals surface area (Å²) in [4.78, 5) is 38.4. The molecule has 0 bridgehead atoms. The fourth-order valence-corrected chi connectivity index (χ4v) is 5.18. The first-order valence-electron chi connectivity index (χ1n) is 11.4. The molecule has 0 aromatic heterocycles. The zero-order valence-corrected chi connectivity index (χ0v) is 19.0. The Bertz CT molecular complexity index is 1010. The van der Waals surface area contributed by atoms with Crippen LogP contribution >= 0.6 is 0 Å². The minimum atomic E-state index is -1.14. The second-order valence-corrected chi connectivity index (χ2v) is 9.07. The van der Waals surface area contributed by atoms with E-state index in [0.717, 1.165) is 35.1 Å². The van der Waals surface area contributed by atoms with Crippen molar-refractivity contribution in [3.8, 4) is 11.1 Å². The van der Waals surface area contributed by atoms with Crippen LogP contribution in [0.25, 0.3) is 11.1 Å². The van der Waals surface area contributed by atoms with Gasteiger partial charge in [0.05, 0.1) is 0 Å². The summed E-state index contributed by atoms with van der Waals surface area (Å²) in [6.45, 7) is 1.91. The van der Waals surface area contributed by atoms with Crippen molar-refractivity contribution in [3.05, 3.63) is 59.7 Å². The van der Waals surface area contributed by atoms with E-state index >= 15 is 0 Å². The predicted molar refractivity (Wildman–Crippen MR) is 124 cm³/mol. The highest BCUT2D eigenvalue weighted by molar-refractivity contribution is 5.87. The summed E-state index contributed by atoms with van der Waals surface area (Å²) in [5, 5.41) is 12.4. The van der Waals surface area contributed by atoms with Gasteiger partial charge in [0, 0.05) is 25.4 Å². The Balaban J connectivity index is 1.33. The van der Waals surface area contributed by atoms with Crippen LogP contribution in [0.4, 0.5) is 4.79 Å². The van der Waals surface area contributed by atoms with Gasteiger partial charge in [-0.1, -0.05) is 61.4 Å². The number of ether oxygens (including phenoxy) is 1. The molecule has 4 rings (SSSR count). The monoisotopic (exact) mass is 450 g/mol. The summed E-state index contributed by atoms with van der Waals surface area (Å²) in [5.74, 6) is -1.30. The molecule has 2 aliphatic carbocycles. The molecule has 174 valence electrons. The lowest BCUT2D eigenvalue weighted by molar-refractivity contribution is -0.157. The number of rotatable bonds is 7. The zero-order valence-electron chi connectivity index (χ0n) is 19.0. The SMILES string of the molecule is C[C@H](CC(=O)N(C)C1(C(=O)O)CCCC1)NC(=O)OCC1c2ccccc2-c2ccccc21. The molecule has 2 amide bonds. The van der Waals surface area contributed by atoms with E-state index in [-0.39, 0.29) is 24.9 Å². The van der Waals surface area contributed by atoms with Crippen LogP contribution in [0.3, 0.4) is 0 Å². The van der Waals surface area contributed by atoms with Gasteiger partial charge in [-0.2, -0.15) is 0 Å². The molecule has 2 aromatic carbocycles. The van der Waals surface area contributed by atoms with Crippen molar-refractivity contribution < 1.29 is 24.2 Å². The summed E-state index contributed by atoms with van der Waals surface area (Å²) in [6, 6.07) is 15.7. The normalized spacial score (nSPS) is 17.0. The molecule has 0 aliphatic heterocycles. The van der Waals surface area contributed by atoms with Gasteiger partial charge in [-0.05, 0) is 42.0 Å². The number of amides is 2. The van der Waals surface area contributed by atoms with E-state index in [4.69, 9.17) is 4.74 Å². The number of carbonyl (C=O) groups excluding carboxylic acids is 2. The molecule has 2 N–H and O–H groups in total. The highest BCUT2D eigenvalue weighted by atomic mass is 16.5. The Labute approximate surface area is 193 Å². The lowest BCUT2D eigenvalue weighted by atomic mass is 9.95. The summed E-state index contributed by atoms with van der Waals surface area (Å²) in [7, 11) is 1.54. The van der Waals surface area contributed by atoms with Crippen LogP contribution < -0.4 is 5.32 Å². The second kappa shape index (κ2) is 9.25. The number of nitrogens with one attached hydrogen (secondary N) is 1. The van der Waals surface area contributed by atoms with Gasteiger partial charge in [0.1, 0.15) is 12.1 Å². The quantitative estimate of drug-likeness (QED) is 0.660. The fraction of sp³-hybridized carbons (Fsp3) is 0.423. The topological polar surface area (TPSA) is 95.9 Å². The van der Waals surface area contributed by atoms with Crippen LogP contribution in [0.1, 0.15) is 56.1 Å². The average molecular weight is 451 g/mol. The molecule has 0 saturated heterocycles. The number of carbonyl (C=O) groups is 3. The summed E-state index contributed by atoms with van der Waals surface area (Å²) in [6.07, 6.45) is 1.91. The summed E-state index contributed by atoms with van der Waals surface area (Å²) >= 11 is 0. The first kappa shape index (κ1) is 22.8. The molecule has 2 aromatic rings. The zero-order chi connectivity index (χ0) is 23.6. The van der Waals surface area contributed by atoms with E-state index in [1.165, 1.54) is 4.90 Å². The lowest BCUT2D eigenvalue weighted by Gasteiger charge is -2.35. The number of alkyl carbamates (subject to hydrolysis) is 1. The summed E-state index contributed by atoms with van der Waals surface area (Å²) < 4.78 is 5.54. The molecule has 1 fully saturated rings. The smallest absolute Gasteiger partial charge is 0.407 e. The summed E-state index contributed by atoms with van der Waals surface area (Å²) in [5.41, 5.74) is 3.44. The number of hydrogen-bond donors (Lipinski definition) is 2. The van der Waals surface area contributed by atoms with Gasteiger partial charge in [0.15, 0.2) is 0 Å². The number of carboxylic acids is 1. The fourth-order valence-electron chi connectivity index (χ4n) is 5.18. The van der Waals surface area contributed by atoms with Gasteiger partial charge < -0.3 is 20.1 Å². The van der Waals surface area contributed by atoms with E-state index in [1.54, 1.807) is 14.0 Å². The average Bonchev–Trinajstić information content (AvgIpc) is 3.41. The largest absolute Gasteiger partial charge is 0.479 e. The Kier molecular flexibility index (Phi) is 6.40. The van der Waals surface area contributed by atoms with Crippen molar-refractivity contribution in [2.75, 3.05) is 13.7 Å². The van der Waals surface area contributed by atoms with E-state index in [2.05, 4.69) is 29.6 Å². The van der Waals surface area contributed by atoms with Crippen molar-refractivity contribution in [1.82, 2.24) is 10.2 Å². The van der Waals surface area contributed by atoms with Gasteiger partial charge in [0.2, 0.25) is 5.91 Å². The molecular weight excluding hydrogens is 420 g/mol. The maximum atomic E-state index is 12.7. The van der Waals surface area contributed by atoms with Crippen molar-refractivity contribution in [1.29, 1.82) is 0 Å². The van der Waals surface area contributed by atoms with Crippen molar-refractivity contribution >= 4 is 18.0 Å². The third-order valence-electron chi connectivity index (χ3n) is 7.03. The first-order valence-corrected chi connectivity index (χ1v) is 11.4. The van der Waals surface area contributed by atoms with Gasteiger partial charge in [-0.25, -0.2) is 9.59 Å². The van der Waals surface area contributed by atoms with Crippen LogP contribution in [0.2, 0.25) is 0 Å². The minimum Gasteiger partial charge on any atom is -0.479 e. The molecule has 2 aliphatic rings.